The average Bonchev–Trinajstić information content (AvgIpc) is 2.65. The van der Waals surface area contributed by atoms with Crippen LogP contribution in [0.2, 0.25) is 0 Å². The number of carbonyl (C=O) groups excluding carboxylic acids is 1. The molecule has 14 heavy (non-hydrogen) atoms. The second kappa shape index (κ2) is 3.37. The van der Waals surface area contributed by atoms with Crippen molar-refractivity contribution in [1.29, 1.82) is 0 Å². The molecule has 0 aromatic carbocycles. The molecule has 0 aliphatic heterocycles. The minimum atomic E-state index is -0.112. The highest BCUT2D eigenvalue weighted by molar-refractivity contribution is 6.08. The van der Waals surface area contributed by atoms with E-state index in [0.717, 1.165) is 0 Å². The maximum Gasteiger partial charge on any atom is 0.199 e. The van der Waals surface area contributed by atoms with Crippen molar-refractivity contribution in [1.82, 2.24) is 19.7 Å². The lowest BCUT2D eigenvalue weighted by Gasteiger charge is -1.94. The van der Waals surface area contributed by atoms with E-state index in [1.165, 1.54) is 24.9 Å². The van der Waals surface area contributed by atoms with Gasteiger partial charge >= 0.3 is 0 Å². The smallest absolute Gasteiger partial charge is 0.199 e. The number of aryl methyl sites for hydroxylation is 1. The lowest BCUT2D eigenvalue weighted by Crippen LogP contribution is -2.00. The molecule has 0 atom stereocenters. The summed E-state index contributed by atoms with van der Waals surface area (Å²) in [7, 11) is 1.76. The standard InChI is InChI=1S/C9H8N4O/c1-13-5-8(4-12-13)9(14)7-2-10-6-11-3-7/h2-6H,1H3. The van der Waals surface area contributed by atoms with Crippen molar-refractivity contribution in [3.63, 3.8) is 0 Å². The normalized spacial score (nSPS) is 10.1. The number of ketones is 1. The molecule has 0 unspecified atom stereocenters. The Labute approximate surface area is 80.4 Å². The topological polar surface area (TPSA) is 60.7 Å². The van der Waals surface area contributed by atoms with Crippen molar-refractivity contribution >= 4 is 5.78 Å². The van der Waals surface area contributed by atoms with E-state index in [2.05, 4.69) is 15.1 Å². The molecule has 0 saturated heterocycles. The van der Waals surface area contributed by atoms with Gasteiger partial charge in [0.05, 0.1) is 17.3 Å². The number of nitrogens with zero attached hydrogens (tertiary/aromatic N) is 4. The summed E-state index contributed by atoms with van der Waals surface area (Å²) in [4.78, 5) is 19.3. The molecule has 0 aliphatic rings. The highest BCUT2D eigenvalue weighted by atomic mass is 16.1. The summed E-state index contributed by atoms with van der Waals surface area (Å²) in [6.45, 7) is 0. The van der Waals surface area contributed by atoms with Gasteiger partial charge in [0.2, 0.25) is 0 Å². The van der Waals surface area contributed by atoms with E-state index < -0.39 is 0 Å². The Morgan fingerprint density at radius 3 is 2.50 bits per heavy atom. The third-order valence-corrected chi connectivity index (χ3v) is 1.79. The molecule has 5 nitrogen and oxygen atoms in total. The van der Waals surface area contributed by atoms with Gasteiger partial charge < -0.3 is 0 Å². The van der Waals surface area contributed by atoms with Crippen molar-refractivity contribution < 1.29 is 4.79 Å². The Balaban J connectivity index is 2.34. The minimum absolute atomic E-state index is 0.112. The molecular formula is C9H8N4O. The van der Waals surface area contributed by atoms with Crippen LogP contribution in [0.15, 0.2) is 31.1 Å². The van der Waals surface area contributed by atoms with Crippen LogP contribution in [0.1, 0.15) is 15.9 Å². The fourth-order valence-electron chi connectivity index (χ4n) is 1.12. The van der Waals surface area contributed by atoms with Gasteiger partial charge in [0.15, 0.2) is 5.78 Å². The Morgan fingerprint density at radius 2 is 1.93 bits per heavy atom. The van der Waals surface area contributed by atoms with E-state index in [1.807, 2.05) is 0 Å². The highest BCUT2D eigenvalue weighted by Crippen LogP contribution is 2.05. The fourth-order valence-corrected chi connectivity index (χ4v) is 1.12. The van der Waals surface area contributed by atoms with Gasteiger partial charge in [-0.1, -0.05) is 0 Å². The Morgan fingerprint density at radius 1 is 1.21 bits per heavy atom. The maximum absolute atomic E-state index is 11.7. The highest BCUT2D eigenvalue weighted by Gasteiger charge is 2.10. The second-order valence-corrected chi connectivity index (χ2v) is 2.86. The van der Waals surface area contributed by atoms with E-state index in [0.29, 0.717) is 11.1 Å². The zero-order valence-corrected chi connectivity index (χ0v) is 7.58. The number of hydrogen-bond acceptors (Lipinski definition) is 4. The van der Waals surface area contributed by atoms with Crippen LogP contribution in [0, 0.1) is 0 Å². The van der Waals surface area contributed by atoms with E-state index >= 15 is 0 Å². The first-order valence-electron chi connectivity index (χ1n) is 4.06. The summed E-state index contributed by atoms with van der Waals surface area (Å²) in [6, 6.07) is 0. The molecule has 2 aromatic heterocycles. The SMILES string of the molecule is Cn1cc(C(=O)c2cncnc2)cn1. The van der Waals surface area contributed by atoms with Crippen LogP contribution in [-0.4, -0.2) is 25.5 Å². The number of rotatable bonds is 2. The van der Waals surface area contributed by atoms with Crippen molar-refractivity contribution in [2.24, 2.45) is 7.05 Å². The Bertz CT molecular complexity index is 449. The Hall–Kier alpha value is -2.04. The molecule has 0 fully saturated rings. The molecule has 0 bridgehead atoms. The third-order valence-electron chi connectivity index (χ3n) is 1.79. The quantitative estimate of drug-likeness (QED) is 0.641. The van der Waals surface area contributed by atoms with Crippen LogP contribution >= 0.6 is 0 Å². The van der Waals surface area contributed by atoms with E-state index in [9.17, 15) is 4.79 Å². The van der Waals surface area contributed by atoms with Crippen LogP contribution in [0.5, 0.6) is 0 Å². The monoisotopic (exact) mass is 188 g/mol. The van der Waals surface area contributed by atoms with Crippen molar-refractivity contribution in [3.8, 4) is 0 Å². The average molecular weight is 188 g/mol. The molecule has 0 aliphatic carbocycles. The number of carbonyl (C=O) groups is 1. The van der Waals surface area contributed by atoms with E-state index in [4.69, 9.17) is 0 Å². The van der Waals surface area contributed by atoms with Gasteiger partial charge in [-0.25, -0.2) is 9.97 Å². The van der Waals surface area contributed by atoms with Crippen molar-refractivity contribution in [3.05, 3.63) is 42.2 Å². The summed E-state index contributed by atoms with van der Waals surface area (Å²) in [5.41, 5.74) is 1.02. The number of hydrogen-bond donors (Lipinski definition) is 0. The lowest BCUT2D eigenvalue weighted by atomic mass is 10.1. The van der Waals surface area contributed by atoms with Crippen molar-refractivity contribution in [2.75, 3.05) is 0 Å². The maximum atomic E-state index is 11.7. The largest absolute Gasteiger partial charge is 0.288 e. The summed E-state index contributed by atoms with van der Waals surface area (Å²) in [6.07, 6.45) is 7.55. The fraction of sp³-hybridized carbons (Fsp3) is 0.111. The first-order valence-corrected chi connectivity index (χ1v) is 4.06. The first-order chi connectivity index (χ1) is 6.77. The zero-order valence-electron chi connectivity index (χ0n) is 7.58. The molecule has 0 amide bonds. The van der Waals surface area contributed by atoms with Gasteiger partial charge in [0, 0.05) is 25.6 Å². The van der Waals surface area contributed by atoms with Crippen LogP contribution in [0.3, 0.4) is 0 Å². The van der Waals surface area contributed by atoms with Crippen molar-refractivity contribution in [2.45, 2.75) is 0 Å². The molecule has 2 heterocycles. The molecule has 2 aromatic rings. The zero-order chi connectivity index (χ0) is 9.97. The van der Waals surface area contributed by atoms with Crippen LogP contribution in [0.25, 0.3) is 0 Å². The summed E-state index contributed by atoms with van der Waals surface area (Å²) >= 11 is 0. The van der Waals surface area contributed by atoms with Crippen LogP contribution in [0.4, 0.5) is 0 Å². The third kappa shape index (κ3) is 1.52. The van der Waals surface area contributed by atoms with E-state index in [-0.39, 0.29) is 5.78 Å². The molecular weight excluding hydrogens is 180 g/mol. The minimum Gasteiger partial charge on any atom is -0.288 e. The van der Waals surface area contributed by atoms with Gasteiger partial charge in [-0.2, -0.15) is 5.10 Å². The van der Waals surface area contributed by atoms with Crippen LogP contribution < -0.4 is 0 Å². The van der Waals surface area contributed by atoms with Gasteiger partial charge in [0.25, 0.3) is 0 Å². The summed E-state index contributed by atoms with van der Waals surface area (Å²) in [5, 5.41) is 3.92. The Kier molecular flexibility index (Phi) is 2.06. The molecule has 0 radical (unpaired) electrons. The predicted octanol–water partition coefficient (Wildman–Crippen LogP) is 0.441. The summed E-state index contributed by atoms with van der Waals surface area (Å²) in [5.74, 6) is -0.112. The predicted molar refractivity (Wildman–Crippen MR) is 48.7 cm³/mol. The van der Waals surface area contributed by atoms with Gasteiger partial charge in [-0.3, -0.25) is 9.48 Å². The molecule has 0 spiro atoms. The van der Waals surface area contributed by atoms with E-state index in [1.54, 1.807) is 17.9 Å². The molecule has 2 rings (SSSR count). The van der Waals surface area contributed by atoms with Gasteiger partial charge in [-0.05, 0) is 0 Å². The first kappa shape index (κ1) is 8.55. The number of aromatic nitrogens is 4. The molecule has 70 valence electrons. The van der Waals surface area contributed by atoms with Crippen LogP contribution in [-0.2, 0) is 7.05 Å². The van der Waals surface area contributed by atoms with Gasteiger partial charge in [0.1, 0.15) is 6.33 Å². The second-order valence-electron chi connectivity index (χ2n) is 2.86. The molecule has 0 N–H and O–H groups in total. The lowest BCUT2D eigenvalue weighted by molar-refractivity contribution is 0.103. The summed E-state index contributed by atoms with van der Waals surface area (Å²) < 4.78 is 1.58. The van der Waals surface area contributed by atoms with Gasteiger partial charge in [-0.15, -0.1) is 0 Å². The molecule has 0 saturated carbocycles. The molecule has 5 heteroatoms.